The van der Waals surface area contributed by atoms with Crippen molar-refractivity contribution in [2.24, 2.45) is 0 Å². The number of rotatable bonds is 2. The van der Waals surface area contributed by atoms with Crippen molar-refractivity contribution in [2.75, 3.05) is 0 Å². The van der Waals surface area contributed by atoms with Gasteiger partial charge >= 0.3 is 11.9 Å². The fraction of sp³-hybridized carbons (Fsp3) is 0.333. The van der Waals surface area contributed by atoms with Crippen molar-refractivity contribution >= 4 is 11.9 Å². The topological polar surface area (TPSA) is 74.6 Å². The molecule has 0 saturated carbocycles. The van der Waals surface area contributed by atoms with Crippen LogP contribution < -0.4 is 0 Å². The molecule has 0 rings (SSSR count). The van der Waals surface area contributed by atoms with Crippen LogP contribution in [0.1, 0.15) is 6.42 Å². The first-order valence-corrected chi connectivity index (χ1v) is 1.56. The molecule has 2 N–H and O–H groups in total. The van der Waals surface area contributed by atoms with Crippen molar-refractivity contribution in [2.45, 2.75) is 6.42 Å². The van der Waals surface area contributed by atoms with Gasteiger partial charge in [-0.3, -0.25) is 9.59 Å². The Balaban J connectivity index is -0.000000180. The first-order valence-electron chi connectivity index (χ1n) is 1.56. The summed E-state index contributed by atoms with van der Waals surface area (Å²) >= 11 is 0. The van der Waals surface area contributed by atoms with E-state index in [0.717, 1.165) is 0 Å². The smallest absolute Gasteiger partial charge is 0.314 e. The Hall–Kier alpha value is -3.06. The van der Waals surface area contributed by atoms with Crippen LogP contribution in [-0.2, 0) is 9.59 Å². The molecule has 0 aromatic heterocycles. The van der Waals surface area contributed by atoms with Gasteiger partial charge in [0, 0.05) is 0 Å². The summed E-state index contributed by atoms with van der Waals surface area (Å²) in [6.45, 7) is 0. The van der Waals surface area contributed by atoms with E-state index in [4.69, 9.17) is 10.2 Å². The summed E-state index contributed by atoms with van der Waals surface area (Å²) in [6, 6.07) is 0. The molecule has 44 valence electrons. The molecule has 0 aromatic rings. The van der Waals surface area contributed by atoms with Gasteiger partial charge in [0.05, 0.1) is 0 Å². The van der Waals surface area contributed by atoms with Crippen molar-refractivity contribution < 1.29 is 19.8 Å². The minimum absolute atomic E-state index is 0. The average molecular weight is 638 g/mol. The van der Waals surface area contributed by atoms with Crippen molar-refractivity contribution in [3.63, 3.8) is 0 Å². The van der Waals surface area contributed by atoms with Gasteiger partial charge < -0.3 is 10.2 Å². The number of carboxylic acids is 2. The minimum Gasteiger partial charge on any atom is -0.481 e. The van der Waals surface area contributed by atoms with E-state index in [2.05, 4.69) is 0 Å². The Labute approximate surface area is 39.4 Å². The Morgan fingerprint density at radius 3 is 1.22 bits per heavy atom. The monoisotopic (exact) mass is 638 g/mol. The zero-order valence-electron chi connectivity index (χ0n) is 4.83. The van der Waals surface area contributed by atoms with Gasteiger partial charge in [0.2, 0.25) is 0 Å². The quantitative estimate of drug-likeness (QED) is 0.403. The van der Waals surface area contributed by atoms with Crippen LogP contribution in [0.4, 0.5) is 0 Å². The maximum Gasteiger partial charge on any atom is 0.314 e. The number of carboxylic acid groups (broad SMARTS) is 2. The summed E-state index contributed by atoms with van der Waals surface area (Å²) in [7, 11) is 0. The van der Waals surface area contributed by atoms with Gasteiger partial charge in [0.25, 0.3) is 0 Å². The second-order valence-corrected chi connectivity index (χ2v) is 0.964. The minimum atomic E-state index is -1.31. The second-order valence-electron chi connectivity index (χ2n) is 0.964. The molecule has 4 nitrogen and oxygen atoms in total. The Bertz CT molecular complexity index is 90.0. The molecule has 0 aliphatic rings. The fourth-order valence-electron chi connectivity index (χ4n) is 0.129. The van der Waals surface area contributed by atoms with Crippen LogP contribution in [0.15, 0.2) is 0 Å². The zero-order valence-corrected chi connectivity index (χ0v) is 17.6. The van der Waals surface area contributed by atoms with Crippen molar-refractivity contribution in [3.8, 4) is 0 Å². The summed E-state index contributed by atoms with van der Waals surface area (Å²) in [5.41, 5.74) is 0. The molecule has 0 saturated heterocycles. The maximum atomic E-state index is 9.43. The van der Waals surface area contributed by atoms with Crippen LogP contribution in [0.25, 0.3) is 0 Å². The largest absolute Gasteiger partial charge is 0.481 e. The van der Waals surface area contributed by atoms with Gasteiger partial charge in [-0.05, 0) is 0 Å². The van der Waals surface area contributed by atoms with Gasteiger partial charge in [-0.2, -0.15) is 0 Å². The molecule has 9 heavy (non-hydrogen) atoms. The molecule has 0 radical (unpaired) electrons. The SMILES string of the molecule is O=C(O)CC(=O)O.[Rf].[Rf]. The van der Waals surface area contributed by atoms with Gasteiger partial charge in [0.15, 0.2) is 0 Å². The summed E-state index contributed by atoms with van der Waals surface area (Å²) in [4.78, 5) is 18.9. The Kier molecular flexibility index (Phi) is 9.21. The van der Waals surface area contributed by atoms with Crippen molar-refractivity contribution in [1.29, 1.82) is 0 Å². The van der Waals surface area contributed by atoms with Crippen LogP contribution in [0.5, 0.6) is 0 Å². The molecular weight excluding hydrogens is 634 g/mol. The van der Waals surface area contributed by atoms with E-state index in [1.54, 1.807) is 0 Å². The zero-order chi connectivity index (χ0) is 5.86. The molecule has 0 bridgehead atoms. The van der Waals surface area contributed by atoms with Crippen molar-refractivity contribution in [1.82, 2.24) is 0 Å². The number of hydrogen-bond acceptors (Lipinski definition) is 2. The molecular formula is C3H4O4Rf2. The van der Waals surface area contributed by atoms with Gasteiger partial charge in [-0.15, -0.1) is 0 Å². The molecule has 6 heteroatoms. The van der Waals surface area contributed by atoms with E-state index in [1.165, 1.54) is 0 Å². The van der Waals surface area contributed by atoms with Crippen LogP contribution in [0.3, 0.4) is 0 Å². The molecule has 0 aliphatic heterocycles. The van der Waals surface area contributed by atoms with Gasteiger partial charge in [0.1, 0.15) is 6.42 Å². The Morgan fingerprint density at radius 2 is 1.22 bits per heavy atom. The summed E-state index contributed by atoms with van der Waals surface area (Å²) in [5, 5.41) is 15.4. The predicted octanol–water partition coefficient (Wildman–Crippen LogP) is -0.454. The number of carbonyl (C=O) groups is 2. The van der Waals surface area contributed by atoms with Crippen LogP contribution in [0.2, 0.25) is 0 Å². The molecule has 0 aromatic carbocycles. The van der Waals surface area contributed by atoms with E-state index in [1.807, 2.05) is 0 Å². The standard InChI is InChI=1S/C3H4O4.2Rf/c4-2(5)1-3(6)7;;/h1H2,(H,4,5)(H,6,7);;. The normalized spacial score (nSPS) is 6.22. The number of aliphatic carboxylic acids is 2. The van der Waals surface area contributed by atoms with E-state index in [9.17, 15) is 9.59 Å². The Morgan fingerprint density at radius 1 is 1.00 bits per heavy atom. The summed E-state index contributed by atoms with van der Waals surface area (Å²) in [6.07, 6.45) is -0.806. The molecule has 0 unspecified atom stereocenters. The van der Waals surface area contributed by atoms with Crippen molar-refractivity contribution in [3.05, 3.63) is 0 Å². The third kappa shape index (κ3) is 48.3. The first kappa shape index (κ1) is 16.8. The molecule has 0 spiro atoms. The predicted molar refractivity (Wildman–Crippen MR) is 19.9 cm³/mol. The van der Waals surface area contributed by atoms with Crippen LogP contribution in [-0.4, -0.2) is 22.2 Å². The third-order valence-electron chi connectivity index (χ3n) is 0.302. The van der Waals surface area contributed by atoms with Gasteiger partial charge in [-0.1, -0.05) is 0 Å². The van der Waals surface area contributed by atoms with E-state index in [0.29, 0.717) is 0 Å². The molecule has 0 heterocycles. The van der Waals surface area contributed by atoms with E-state index < -0.39 is 18.4 Å². The number of hydrogen-bond donors (Lipinski definition) is 2. The van der Waals surface area contributed by atoms with E-state index in [-0.39, 0.29) is 0 Å². The third-order valence-corrected chi connectivity index (χ3v) is 0.302. The molecule has 0 amide bonds. The first-order chi connectivity index (χ1) is 3.13. The van der Waals surface area contributed by atoms with Gasteiger partial charge in [-0.25, -0.2) is 0 Å². The fourth-order valence-corrected chi connectivity index (χ4v) is 0.129. The van der Waals surface area contributed by atoms with Crippen LogP contribution in [0, 0.1) is 0 Å². The summed E-state index contributed by atoms with van der Waals surface area (Å²) in [5.74, 6) is -2.62. The van der Waals surface area contributed by atoms with E-state index >= 15 is 0 Å². The maximum absolute atomic E-state index is 9.43. The average Bonchev–Trinajstić information content (AvgIpc) is 1.27. The molecule has 0 fully saturated rings. The van der Waals surface area contributed by atoms with Crippen LogP contribution >= 0.6 is 0 Å². The second kappa shape index (κ2) is 4.94. The molecule has 0 aliphatic carbocycles. The summed E-state index contributed by atoms with van der Waals surface area (Å²) < 4.78 is 0. The molecule has 0 atom stereocenters.